The molecular formula is C19H19ClN4O4. The normalized spacial score (nSPS) is 15.9. The Hall–Kier alpha value is -2.97. The van der Waals surface area contributed by atoms with Gasteiger partial charge in [-0.05, 0) is 35.9 Å². The van der Waals surface area contributed by atoms with E-state index in [9.17, 15) is 14.4 Å². The van der Waals surface area contributed by atoms with E-state index in [-0.39, 0.29) is 19.0 Å². The Labute approximate surface area is 166 Å². The van der Waals surface area contributed by atoms with Crippen LogP contribution in [0.1, 0.15) is 15.9 Å². The highest BCUT2D eigenvalue weighted by atomic mass is 35.5. The number of pyridine rings is 1. The molecule has 0 spiro atoms. The van der Waals surface area contributed by atoms with Gasteiger partial charge in [-0.3, -0.25) is 19.4 Å². The van der Waals surface area contributed by atoms with Gasteiger partial charge in [0.05, 0.1) is 13.2 Å². The second-order valence-electron chi connectivity index (χ2n) is 6.08. The highest BCUT2D eigenvalue weighted by Crippen LogP contribution is 2.16. The maximum absolute atomic E-state index is 12.6. The van der Waals surface area contributed by atoms with E-state index in [1.54, 1.807) is 48.8 Å². The van der Waals surface area contributed by atoms with Crippen LogP contribution in [0, 0.1) is 0 Å². The molecule has 0 aliphatic carbocycles. The number of benzene rings is 1. The largest absolute Gasteiger partial charge is 0.355 e. The van der Waals surface area contributed by atoms with Crippen LogP contribution in [-0.2, 0) is 20.9 Å². The molecule has 0 bridgehead atoms. The number of carbonyl (C=O) groups excluding carboxylic acids is 3. The minimum Gasteiger partial charge on any atom is -0.355 e. The topological polar surface area (TPSA) is 101 Å². The minimum absolute atomic E-state index is 0.0124. The predicted molar refractivity (Wildman–Crippen MR) is 101 cm³/mol. The molecule has 2 N–H and O–H groups in total. The third kappa shape index (κ3) is 5.05. The molecule has 1 aromatic heterocycles. The van der Waals surface area contributed by atoms with Crippen molar-refractivity contribution in [2.45, 2.75) is 12.8 Å². The van der Waals surface area contributed by atoms with Gasteiger partial charge in [0.2, 0.25) is 0 Å². The summed E-state index contributed by atoms with van der Waals surface area (Å²) in [7, 11) is 0. The first-order valence-electron chi connectivity index (χ1n) is 8.67. The van der Waals surface area contributed by atoms with Gasteiger partial charge in [-0.2, -0.15) is 0 Å². The molecule has 1 aliphatic heterocycles. The van der Waals surface area contributed by atoms with E-state index in [2.05, 4.69) is 15.6 Å². The third-order valence-electron chi connectivity index (χ3n) is 4.16. The first-order valence-corrected chi connectivity index (χ1v) is 9.05. The number of carbonyl (C=O) groups is 3. The van der Waals surface area contributed by atoms with Crippen LogP contribution in [0.25, 0.3) is 0 Å². The van der Waals surface area contributed by atoms with Gasteiger partial charge in [0, 0.05) is 36.1 Å². The summed E-state index contributed by atoms with van der Waals surface area (Å²) in [4.78, 5) is 42.0. The minimum atomic E-state index is -0.793. The second-order valence-corrected chi connectivity index (χ2v) is 6.52. The fourth-order valence-electron chi connectivity index (χ4n) is 2.71. The maximum Gasteiger partial charge on any atom is 0.309 e. The van der Waals surface area contributed by atoms with E-state index in [1.165, 1.54) is 4.90 Å². The van der Waals surface area contributed by atoms with Crippen molar-refractivity contribution in [3.8, 4) is 0 Å². The average Bonchev–Trinajstić information content (AvgIpc) is 3.19. The molecule has 1 saturated heterocycles. The first-order chi connectivity index (χ1) is 13.5. The van der Waals surface area contributed by atoms with Crippen molar-refractivity contribution in [1.82, 2.24) is 20.5 Å². The number of rotatable bonds is 5. The first kappa shape index (κ1) is 19.8. The molecule has 1 fully saturated rings. The summed E-state index contributed by atoms with van der Waals surface area (Å²) in [5.41, 5.74) is 1.25. The lowest BCUT2D eigenvalue weighted by Gasteiger charge is -2.23. The number of ether oxygens (including phenoxy) is 1. The summed E-state index contributed by atoms with van der Waals surface area (Å²) in [5, 5.41) is 5.55. The molecule has 1 aliphatic rings. The molecule has 2 heterocycles. The number of nitrogens with zero attached hydrogens (tertiary/aromatic N) is 2. The summed E-state index contributed by atoms with van der Waals surface area (Å²) in [6.07, 6.45) is 2.58. The molecule has 9 heteroatoms. The van der Waals surface area contributed by atoms with E-state index < -0.39 is 18.0 Å². The van der Waals surface area contributed by atoms with Crippen LogP contribution in [0.4, 0.5) is 0 Å². The number of nitrogens with one attached hydrogen (secondary N) is 2. The molecule has 28 heavy (non-hydrogen) atoms. The molecule has 1 aromatic carbocycles. The fourth-order valence-corrected chi connectivity index (χ4v) is 2.83. The summed E-state index contributed by atoms with van der Waals surface area (Å²) in [5.74, 6) is -1.79. The van der Waals surface area contributed by atoms with Crippen molar-refractivity contribution in [2.75, 3.05) is 19.7 Å². The third-order valence-corrected chi connectivity index (χ3v) is 4.41. The Morgan fingerprint density at radius 2 is 1.89 bits per heavy atom. The van der Waals surface area contributed by atoms with Crippen molar-refractivity contribution >= 4 is 29.3 Å². The molecule has 1 atom stereocenters. The second kappa shape index (κ2) is 9.29. The highest BCUT2D eigenvalue weighted by Gasteiger charge is 2.31. The van der Waals surface area contributed by atoms with Crippen LogP contribution in [-0.4, -0.2) is 53.5 Å². The summed E-state index contributed by atoms with van der Waals surface area (Å²) in [6.45, 7) is 0.960. The molecule has 0 saturated carbocycles. The van der Waals surface area contributed by atoms with Crippen LogP contribution < -0.4 is 10.6 Å². The molecule has 8 nitrogen and oxygen atoms in total. The summed E-state index contributed by atoms with van der Waals surface area (Å²) < 4.78 is 5.52. The molecule has 0 radical (unpaired) electrons. The number of hydrogen-bond acceptors (Lipinski definition) is 5. The van der Waals surface area contributed by atoms with E-state index in [4.69, 9.17) is 16.3 Å². The van der Waals surface area contributed by atoms with Gasteiger partial charge in [-0.15, -0.1) is 0 Å². The maximum atomic E-state index is 12.6. The average molecular weight is 403 g/mol. The van der Waals surface area contributed by atoms with Crippen LogP contribution in [0.15, 0.2) is 48.8 Å². The number of halogens is 1. The zero-order valence-electron chi connectivity index (χ0n) is 14.9. The number of hydrogen-bond donors (Lipinski definition) is 2. The Morgan fingerprint density at radius 3 is 2.61 bits per heavy atom. The molecule has 2 aromatic rings. The molecular weight excluding hydrogens is 384 g/mol. The van der Waals surface area contributed by atoms with Gasteiger partial charge in [-0.25, -0.2) is 0 Å². The monoisotopic (exact) mass is 402 g/mol. The van der Waals surface area contributed by atoms with Gasteiger partial charge in [0.1, 0.15) is 6.23 Å². The predicted octanol–water partition coefficient (Wildman–Crippen LogP) is 0.966. The van der Waals surface area contributed by atoms with Crippen LogP contribution >= 0.6 is 11.6 Å². The quantitative estimate of drug-likeness (QED) is 0.726. The highest BCUT2D eigenvalue weighted by molar-refractivity contribution is 6.35. The van der Waals surface area contributed by atoms with E-state index in [0.29, 0.717) is 23.7 Å². The van der Waals surface area contributed by atoms with Crippen molar-refractivity contribution in [1.29, 1.82) is 0 Å². The van der Waals surface area contributed by atoms with Gasteiger partial charge in [-0.1, -0.05) is 17.7 Å². The standard InChI is InChI=1S/C19H19ClN4O4/c20-15-5-3-14(4-6-15)19(27)24-8-9-28-16(24)12-23-18(26)17(25)22-11-13-2-1-7-21-10-13/h1-7,10,16H,8-9,11-12H2,(H,22,25)(H,23,26)/t16-/m0/s1. The Kier molecular flexibility index (Phi) is 6.57. The molecule has 3 amide bonds. The lowest BCUT2D eigenvalue weighted by atomic mass is 10.2. The number of amides is 3. The van der Waals surface area contributed by atoms with Crippen molar-refractivity contribution in [2.24, 2.45) is 0 Å². The van der Waals surface area contributed by atoms with Gasteiger partial charge in [0.15, 0.2) is 0 Å². The lowest BCUT2D eigenvalue weighted by Crippen LogP contribution is -2.47. The number of aromatic nitrogens is 1. The van der Waals surface area contributed by atoms with Crippen molar-refractivity contribution < 1.29 is 19.1 Å². The Balaban J connectivity index is 1.49. The van der Waals surface area contributed by atoms with E-state index in [1.807, 2.05) is 0 Å². The SMILES string of the molecule is O=C(NCc1cccnc1)C(=O)NC[C@@H]1OCCN1C(=O)c1ccc(Cl)cc1. The van der Waals surface area contributed by atoms with Gasteiger partial charge < -0.3 is 20.3 Å². The lowest BCUT2D eigenvalue weighted by molar-refractivity contribution is -0.139. The van der Waals surface area contributed by atoms with Crippen molar-refractivity contribution in [3.05, 3.63) is 64.9 Å². The van der Waals surface area contributed by atoms with E-state index >= 15 is 0 Å². The molecule has 0 unspecified atom stereocenters. The zero-order chi connectivity index (χ0) is 19.9. The van der Waals surface area contributed by atoms with E-state index in [0.717, 1.165) is 5.56 Å². The van der Waals surface area contributed by atoms with Crippen LogP contribution in [0.3, 0.4) is 0 Å². The van der Waals surface area contributed by atoms with Gasteiger partial charge in [0.25, 0.3) is 5.91 Å². The summed E-state index contributed by atoms with van der Waals surface area (Å²) >= 11 is 5.85. The van der Waals surface area contributed by atoms with Crippen LogP contribution in [0.2, 0.25) is 5.02 Å². The molecule has 146 valence electrons. The molecule has 3 rings (SSSR count). The van der Waals surface area contributed by atoms with Crippen LogP contribution in [0.5, 0.6) is 0 Å². The zero-order valence-corrected chi connectivity index (χ0v) is 15.7. The van der Waals surface area contributed by atoms with Crippen molar-refractivity contribution in [3.63, 3.8) is 0 Å². The Morgan fingerprint density at radius 1 is 1.14 bits per heavy atom. The fraction of sp³-hybridized carbons (Fsp3) is 0.263. The van der Waals surface area contributed by atoms with Gasteiger partial charge >= 0.3 is 11.8 Å². The Bertz CT molecular complexity index is 845. The smallest absolute Gasteiger partial charge is 0.309 e. The summed E-state index contributed by atoms with van der Waals surface area (Å²) in [6, 6.07) is 10.1.